The number of nitrogens with zero attached hydrogens (tertiary/aromatic N) is 2. The van der Waals surface area contributed by atoms with Crippen LogP contribution in [-0.2, 0) is 21.4 Å². The number of aliphatic hydroxyl groups is 1. The number of sulfonamides is 1. The first kappa shape index (κ1) is 21.0. The number of carbonyl (C=O) groups excluding carboxylic acids is 1. The van der Waals surface area contributed by atoms with Crippen molar-refractivity contribution in [3.8, 4) is 5.75 Å². The third-order valence-corrected chi connectivity index (χ3v) is 6.27. The van der Waals surface area contributed by atoms with Gasteiger partial charge in [0.1, 0.15) is 18.5 Å². The van der Waals surface area contributed by atoms with Crippen LogP contribution in [0.2, 0.25) is 0 Å². The van der Waals surface area contributed by atoms with E-state index in [4.69, 9.17) is 14.7 Å². The second kappa shape index (κ2) is 9.18. The van der Waals surface area contributed by atoms with Crippen molar-refractivity contribution in [1.82, 2.24) is 14.8 Å². The smallest absolute Gasteiger partial charge is 0.432 e. The standard InChI is InChI=1S/C18H21N3O7S/c22-16-2-1-11-21(17(16)28-18(23)20-24)29(25,26)15-5-3-14(4-6-15)27-12-13-7-9-19-10-8-13/h3-10,16-17,22,24H,1-2,11-12H2,(H,20,23)/t16-,17+/m0/s1. The molecular weight excluding hydrogens is 402 g/mol. The number of aliphatic hydroxyl groups excluding tert-OH is 1. The monoisotopic (exact) mass is 423 g/mol. The van der Waals surface area contributed by atoms with Crippen molar-refractivity contribution in [2.45, 2.75) is 36.7 Å². The number of aromatic nitrogens is 1. The second-order valence-electron chi connectivity index (χ2n) is 6.35. The normalized spacial score (nSPS) is 20.1. The van der Waals surface area contributed by atoms with E-state index in [1.54, 1.807) is 12.4 Å². The van der Waals surface area contributed by atoms with E-state index in [1.165, 1.54) is 29.7 Å². The van der Waals surface area contributed by atoms with Gasteiger partial charge in [0.25, 0.3) is 0 Å². The third kappa shape index (κ3) is 5.01. The lowest BCUT2D eigenvalue weighted by molar-refractivity contribution is -0.0837. The predicted octanol–water partition coefficient (Wildman–Crippen LogP) is 1.25. The summed E-state index contributed by atoms with van der Waals surface area (Å²) in [6.07, 6.45) is 0.0532. The lowest BCUT2D eigenvalue weighted by atomic mass is 10.1. The van der Waals surface area contributed by atoms with E-state index in [2.05, 4.69) is 4.98 Å². The Hall–Kier alpha value is -2.73. The van der Waals surface area contributed by atoms with Crippen molar-refractivity contribution in [2.24, 2.45) is 0 Å². The molecule has 29 heavy (non-hydrogen) atoms. The van der Waals surface area contributed by atoms with Crippen molar-refractivity contribution in [3.05, 3.63) is 54.4 Å². The predicted molar refractivity (Wildman–Crippen MR) is 99.3 cm³/mol. The molecule has 1 amide bonds. The zero-order valence-corrected chi connectivity index (χ0v) is 16.2. The molecule has 0 spiro atoms. The Kier molecular flexibility index (Phi) is 6.64. The Morgan fingerprint density at radius 1 is 1.21 bits per heavy atom. The Labute approximate surface area is 167 Å². The van der Waals surface area contributed by atoms with Crippen LogP contribution in [0.25, 0.3) is 0 Å². The van der Waals surface area contributed by atoms with Crippen LogP contribution < -0.4 is 10.2 Å². The number of pyridine rings is 1. The number of rotatable bonds is 6. The molecule has 1 aromatic heterocycles. The molecule has 1 aliphatic rings. The molecule has 11 heteroatoms. The highest BCUT2D eigenvalue weighted by atomic mass is 32.2. The van der Waals surface area contributed by atoms with Gasteiger partial charge in [0.15, 0.2) is 6.23 Å². The molecular formula is C18H21N3O7S. The number of hydrogen-bond acceptors (Lipinski definition) is 8. The molecule has 1 saturated heterocycles. The molecule has 3 N–H and O–H groups in total. The van der Waals surface area contributed by atoms with Gasteiger partial charge in [-0.1, -0.05) is 0 Å². The zero-order valence-electron chi connectivity index (χ0n) is 15.3. The van der Waals surface area contributed by atoms with Crippen LogP contribution in [0, 0.1) is 0 Å². The summed E-state index contributed by atoms with van der Waals surface area (Å²) in [7, 11) is -4.06. The number of ether oxygens (including phenoxy) is 2. The summed E-state index contributed by atoms with van der Waals surface area (Å²) in [6, 6.07) is 9.41. The molecule has 156 valence electrons. The minimum Gasteiger partial charge on any atom is -0.489 e. The van der Waals surface area contributed by atoms with Crippen LogP contribution in [0.4, 0.5) is 4.79 Å². The van der Waals surface area contributed by atoms with E-state index < -0.39 is 28.4 Å². The molecule has 2 atom stereocenters. The molecule has 10 nitrogen and oxygen atoms in total. The summed E-state index contributed by atoms with van der Waals surface area (Å²) < 4.78 is 37.4. The fraction of sp³-hybridized carbons (Fsp3) is 0.333. The fourth-order valence-electron chi connectivity index (χ4n) is 2.94. The highest BCUT2D eigenvalue weighted by molar-refractivity contribution is 7.89. The lowest BCUT2D eigenvalue weighted by Crippen LogP contribution is -2.53. The molecule has 0 bridgehead atoms. The van der Waals surface area contributed by atoms with Crippen molar-refractivity contribution < 1.29 is 33.0 Å². The van der Waals surface area contributed by atoms with Crippen LogP contribution in [0.1, 0.15) is 18.4 Å². The molecule has 3 rings (SSSR count). The summed E-state index contributed by atoms with van der Waals surface area (Å²) in [6.45, 7) is 0.363. The first-order valence-corrected chi connectivity index (χ1v) is 10.3. The number of piperidine rings is 1. The van der Waals surface area contributed by atoms with E-state index in [0.29, 0.717) is 18.8 Å². The minimum absolute atomic E-state index is 0.0409. The third-order valence-electron chi connectivity index (χ3n) is 4.40. The van der Waals surface area contributed by atoms with Crippen molar-refractivity contribution >= 4 is 16.1 Å². The van der Waals surface area contributed by atoms with E-state index in [0.717, 1.165) is 9.87 Å². The van der Waals surface area contributed by atoms with Crippen LogP contribution >= 0.6 is 0 Å². The highest BCUT2D eigenvalue weighted by Gasteiger charge is 2.41. The van der Waals surface area contributed by atoms with E-state index in [9.17, 15) is 18.3 Å². The van der Waals surface area contributed by atoms with Gasteiger partial charge in [-0.15, -0.1) is 0 Å². The molecule has 0 aliphatic carbocycles. The SMILES string of the molecule is O=C(NO)O[C@@H]1[C@@H](O)CCCN1S(=O)(=O)c1ccc(OCc2ccncc2)cc1. The van der Waals surface area contributed by atoms with Gasteiger partial charge in [0.2, 0.25) is 10.0 Å². The number of benzene rings is 1. The number of carbonyl (C=O) groups is 1. The van der Waals surface area contributed by atoms with Crippen molar-refractivity contribution in [1.29, 1.82) is 0 Å². The van der Waals surface area contributed by atoms with Gasteiger partial charge >= 0.3 is 6.09 Å². The first-order valence-electron chi connectivity index (χ1n) is 8.84. The van der Waals surface area contributed by atoms with Crippen LogP contribution in [0.5, 0.6) is 5.75 Å². The van der Waals surface area contributed by atoms with Gasteiger partial charge < -0.3 is 14.6 Å². The summed E-state index contributed by atoms with van der Waals surface area (Å²) >= 11 is 0. The lowest BCUT2D eigenvalue weighted by Gasteiger charge is -2.36. The Morgan fingerprint density at radius 2 is 1.90 bits per heavy atom. The van der Waals surface area contributed by atoms with Gasteiger partial charge in [-0.3, -0.25) is 10.2 Å². The average molecular weight is 423 g/mol. The van der Waals surface area contributed by atoms with Gasteiger partial charge in [-0.25, -0.2) is 18.7 Å². The maximum atomic E-state index is 13.0. The number of hydroxylamine groups is 1. The van der Waals surface area contributed by atoms with Crippen molar-refractivity contribution in [2.75, 3.05) is 6.54 Å². The van der Waals surface area contributed by atoms with Gasteiger partial charge in [-0.2, -0.15) is 4.31 Å². The maximum Gasteiger partial charge on any atom is 0.432 e. The van der Waals surface area contributed by atoms with Crippen LogP contribution in [-0.4, -0.2) is 53.0 Å². The molecule has 1 aromatic carbocycles. The van der Waals surface area contributed by atoms with E-state index >= 15 is 0 Å². The molecule has 2 heterocycles. The van der Waals surface area contributed by atoms with Crippen LogP contribution in [0.3, 0.4) is 0 Å². The topological polar surface area (TPSA) is 138 Å². The molecule has 2 aromatic rings. The minimum atomic E-state index is -4.06. The summed E-state index contributed by atoms with van der Waals surface area (Å²) in [5, 5.41) is 18.7. The first-order chi connectivity index (χ1) is 13.9. The quantitative estimate of drug-likeness (QED) is 0.466. The largest absolute Gasteiger partial charge is 0.489 e. The van der Waals surface area contributed by atoms with E-state index in [-0.39, 0.29) is 17.9 Å². The molecule has 1 aliphatic heterocycles. The number of nitrogens with one attached hydrogen (secondary N) is 1. The van der Waals surface area contributed by atoms with E-state index in [1.807, 2.05) is 12.1 Å². The Balaban J connectivity index is 1.74. The average Bonchev–Trinajstić information content (AvgIpc) is 2.74. The summed E-state index contributed by atoms with van der Waals surface area (Å²) in [5.74, 6) is 0.479. The zero-order chi connectivity index (χ0) is 20.9. The van der Waals surface area contributed by atoms with Gasteiger partial charge in [-0.05, 0) is 54.8 Å². The van der Waals surface area contributed by atoms with Crippen molar-refractivity contribution in [3.63, 3.8) is 0 Å². The van der Waals surface area contributed by atoms with Crippen LogP contribution in [0.15, 0.2) is 53.7 Å². The maximum absolute atomic E-state index is 13.0. The Bertz CT molecular complexity index is 922. The highest BCUT2D eigenvalue weighted by Crippen LogP contribution is 2.27. The van der Waals surface area contributed by atoms with Gasteiger partial charge in [0, 0.05) is 18.9 Å². The molecule has 1 fully saturated rings. The molecule has 0 unspecified atom stereocenters. The Morgan fingerprint density at radius 3 is 2.55 bits per heavy atom. The number of hydrogen-bond donors (Lipinski definition) is 3. The summed E-state index contributed by atoms with van der Waals surface area (Å²) in [4.78, 5) is 15.2. The van der Waals surface area contributed by atoms with Gasteiger partial charge in [0.05, 0.1) is 4.90 Å². The second-order valence-corrected chi connectivity index (χ2v) is 8.24. The fourth-order valence-corrected chi connectivity index (χ4v) is 4.51. The molecule has 0 radical (unpaired) electrons. The summed E-state index contributed by atoms with van der Waals surface area (Å²) in [5.41, 5.74) is 2.18. The number of amides is 1. The molecule has 0 saturated carbocycles.